The Bertz CT molecular complexity index is 2330. The summed E-state index contributed by atoms with van der Waals surface area (Å²) in [5.74, 6) is -12.7. The summed E-state index contributed by atoms with van der Waals surface area (Å²) >= 11 is 0. The number of nitrogens with one attached hydrogen (secondary N) is 1. The first-order valence-electron chi connectivity index (χ1n) is 16.2. The molecule has 0 heterocycles. The summed E-state index contributed by atoms with van der Waals surface area (Å²) in [6.07, 6.45) is -24.9. The lowest BCUT2D eigenvalue weighted by molar-refractivity contribution is -0.349. The maximum atomic E-state index is 14.3. The summed E-state index contributed by atoms with van der Waals surface area (Å²) in [6, 6.07) is 1.74. The van der Waals surface area contributed by atoms with E-state index < -0.39 is 133 Å². The maximum Gasteiger partial charge on any atom is 0.435 e. The number of anilines is 4. The normalized spacial score (nSPS) is 12.5. The molecule has 4 aromatic carbocycles. The second kappa shape index (κ2) is 17.9. The van der Waals surface area contributed by atoms with Gasteiger partial charge in [0.15, 0.2) is 34.9 Å². The van der Waals surface area contributed by atoms with Crippen molar-refractivity contribution in [2.75, 3.05) is 22.5 Å². The summed E-state index contributed by atoms with van der Waals surface area (Å²) in [5, 5.41) is 10.3. The molecule has 0 atom stereocenters. The van der Waals surface area contributed by atoms with Crippen molar-refractivity contribution < 1.29 is 103 Å². The SMILES string of the molecule is Cc1cc(C(F)(C(F)(F)F)C(F)(F)F)cc(C)c1N.Cc1cc(C(F)(C(F)(F)F)C(F)(F)F)cc(C)c1NC(=O)c1cc(F)c(F)c(N)c1F.Nc1c(F)c(F)cc(C(=O)O)c1F. The molecule has 27 heteroatoms. The Morgan fingerprint density at radius 3 is 1.05 bits per heavy atom. The number of aromatic carboxylic acids is 1. The standard InChI is InChI=1S/C18H12F10N2O.C11H10F7N.C7H4F3NO2/c1-6-3-8(16(22,17(23,24)25)18(26,27)28)4-7(2)14(6)30-15(31)9-5-10(19)12(21)13(29)11(9)20;1-5-3-7(4-6(2)8(5)19)9(12,10(13,14)15)11(16,17)18;8-3-1-2(7(12)13)4(9)6(11)5(3)10/h3-5H,29H2,1-2H3,(H,30,31);3-4H,19H2,1-2H3;1H,11H2,(H,12,13). The monoisotopic (exact) mass is 942 g/mol. The topological polar surface area (TPSA) is 144 Å². The molecule has 0 unspecified atom stereocenters. The Labute approximate surface area is 339 Å². The van der Waals surface area contributed by atoms with E-state index in [1.54, 1.807) is 0 Å². The molecule has 0 fully saturated rings. The van der Waals surface area contributed by atoms with Gasteiger partial charge < -0.3 is 27.6 Å². The van der Waals surface area contributed by atoms with Crippen LogP contribution in [0.25, 0.3) is 0 Å². The minimum Gasteiger partial charge on any atom is -0.478 e. The van der Waals surface area contributed by atoms with Crippen molar-refractivity contribution in [2.45, 2.75) is 63.7 Å². The number of benzene rings is 4. The van der Waals surface area contributed by atoms with E-state index in [1.807, 2.05) is 5.32 Å². The number of nitrogens with two attached hydrogens (primary N) is 3. The fourth-order valence-electron chi connectivity index (χ4n) is 5.26. The van der Waals surface area contributed by atoms with E-state index in [4.69, 9.17) is 22.3 Å². The molecule has 0 spiro atoms. The first-order chi connectivity index (χ1) is 28.2. The lowest BCUT2D eigenvalue weighted by Gasteiger charge is -2.31. The Morgan fingerprint density at radius 2 is 0.746 bits per heavy atom. The molecule has 7 nitrogen and oxygen atoms in total. The molecule has 1 amide bonds. The second-order valence-corrected chi connectivity index (χ2v) is 13.0. The van der Waals surface area contributed by atoms with Crippen LogP contribution in [0.2, 0.25) is 0 Å². The number of halogens is 20. The van der Waals surface area contributed by atoms with Crippen molar-refractivity contribution in [3.63, 3.8) is 0 Å². The van der Waals surface area contributed by atoms with E-state index >= 15 is 0 Å². The third kappa shape index (κ3) is 10.2. The smallest absolute Gasteiger partial charge is 0.435 e. The van der Waals surface area contributed by atoms with E-state index in [1.165, 1.54) is 13.8 Å². The molecule has 0 aliphatic rings. The van der Waals surface area contributed by atoms with Gasteiger partial charge in [-0.1, -0.05) is 24.3 Å². The van der Waals surface area contributed by atoms with Gasteiger partial charge in [-0.25, -0.2) is 39.9 Å². The average Bonchev–Trinajstić information content (AvgIpc) is 3.13. The van der Waals surface area contributed by atoms with Gasteiger partial charge in [-0.2, -0.15) is 52.7 Å². The molecule has 348 valence electrons. The molecule has 0 aliphatic carbocycles. The minimum atomic E-state index is -6.35. The highest BCUT2D eigenvalue weighted by Crippen LogP contribution is 2.55. The number of rotatable bonds is 5. The van der Waals surface area contributed by atoms with Crippen molar-refractivity contribution in [1.29, 1.82) is 0 Å². The zero-order valence-electron chi connectivity index (χ0n) is 31.5. The van der Waals surface area contributed by atoms with E-state index in [0.717, 1.165) is 13.8 Å². The summed E-state index contributed by atoms with van der Waals surface area (Å²) in [4.78, 5) is 22.5. The predicted octanol–water partition coefficient (Wildman–Crippen LogP) is 11.4. The summed E-state index contributed by atoms with van der Waals surface area (Å²) in [7, 11) is 0. The molecule has 0 bridgehead atoms. The number of hydrogen-bond donors (Lipinski definition) is 5. The van der Waals surface area contributed by atoms with Crippen LogP contribution in [0.5, 0.6) is 0 Å². The number of carbonyl (C=O) groups is 2. The van der Waals surface area contributed by atoms with E-state index in [2.05, 4.69) is 0 Å². The van der Waals surface area contributed by atoms with Crippen LogP contribution in [-0.2, 0) is 11.3 Å². The molecule has 63 heavy (non-hydrogen) atoms. The molecular formula is C36H26F20N4O3. The van der Waals surface area contributed by atoms with Crippen LogP contribution in [0.1, 0.15) is 54.1 Å². The predicted molar refractivity (Wildman–Crippen MR) is 182 cm³/mol. The molecule has 8 N–H and O–H groups in total. The van der Waals surface area contributed by atoms with Crippen molar-refractivity contribution in [3.8, 4) is 0 Å². The highest BCUT2D eigenvalue weighted by Gasteiger charge is 2.74. The van der Waals surface area contributed by atoms with E-state index in [0.29, 0.717) is 12.1 Å². The van der Waals surface area contributed by atoms with Gasteiger partial charge in [-0.3, -0.25) is 4.79 Å². The number of hydrogen-bond acceptors (Lipinski definition) is 5. The highest BCUT2D eigenvalue weighted by molar-refractivity contribution is 6.06. The minimum absolute atomic E-state index is 0.0236. The van der Waals surface area contributed by atoms with Gasteiger partial charge in [0.2, 0.25) is 0 Å². The van der Waals surface area contributed by atoms with Crippen LogP contribution in [-0.4, -0.2) is 41.7 Å². The van der Waals surface area contributed by atoms with Crippen molar-refractivity contribution >= 4 is 34.6 Å². The molecule has 4 aromatic rings. The number of aryl methyl sites for hydroxylation is 4. The molecule has 4 rings (SSSR count). The Hall–Kier alpha value is -6.18. The summed E-state index contributed by atoms with van der Waals surface area (Å²) < 4.78 is 259. The Balaban J connectivity index is 0.000000361. The largest absolute Gasteiger partial charge is 0.478 e. The Kier molecular flexibility index (Phi) is 15.0. The number of alkyl halides is 14. The van der Waals surface area contributed by atoms with Crippen molar-refractivity contribution in [3.05, 3.63) is 116 Å². The van der Waals surface area contributed by atoms with E-state index in [9.17, 15) is 97.4 Å². The third-order valence-corrected chi connectivity index (χ3v) is 8.58. The van der Waals surface area contributed by atoms with Crippen molar-refractivity contribution in [1.82, 2.24) is 0 Å². The second-order valence-electron chi connectivity index (χ2n) is 13.0. The lowest BCUT2D eigenvalue weighted by atomic mass is 9.90. The van der Waals surface area contributed by atoms with Crippen LogP contribution < -0.4 is 22.5 Å². The van der Waals surface area contributed by atoms with Crippen molar-refractivity contribution in [2.24, 2.45) is 0 Å². The fraction of sp³-hybridized carbons (Fsp3) is 0.278. The van der Waals surface area contributed by atoms with Gasteiger partial charge in [0.25, 0.3) is 5.91 Å². The van der Waals surface area contributed by atoms with Gasteiger partial charge in [-0.15, -0.1) is 0 Å². The van der Waals surface area contributed by atoms with Gasteiger partial charge >= 0.3 is 42.0 Å². The summed E-state index contributed by atoms with van der Waals surface area (Å²) in [5.41, 5.74) is -5.11. The lowest BCUT2D eigenvalue weighted by Crippen LogP contribution is -2.50. The number of carboxylic acids is 1. The van der Waals surface area contributed by atoms with E-state index in [-0.39, 0.29) is 41.1 Å². The average molecular weight is 943 g/mol. The fourth-order valence-corrected chi connectivity index (χ4v) is 5.26. The first kappa shape index (κ1) is 53.0. The molecule has 0 saturated carbocycles. The van der Waals surface area contributed by atoms with Gasteiger partial charge in [0.05, 0.1) is 5.56 Å². The number of carbonyl (C=O) groups excluding carboxylic acids is 1. The van der Waals surface area contributed by atoms with Crippen LogP contribution >= 0.6 is 0 Å². The van der Waals surface area contributed by atoms with Crippen LogP contribution in [0.4, 0.5) is 111 Å². The zero-order valence-corrected chi connectivity index (χ0v) is 31.5. The van der Waals surface area contributed by atoms with Crippen LogP contribution in [0.3, 0.4) is 0 Å². The zero-order chi connectivity index (χ0) is 49.5. The number of nitrogen functional groups attached to an aromatic ring is 3. The van der Waals surface area contributed by atoms with Gasteiger partial charge in [0.1, 0.15) is 16.9 Å². The van der Waals surface area contributed by atoms with Gasteiger partial charge in [-0.05, 0) is 62.1 Å². The van der Waals surface area contributed by atoms with Crippen LogP contribution in [0, 0.1) is 62.6 Å². The first-order valence-corrected chi connectivity index (χ1v) is 16.2. The van der Waals surface area contributed by atoms with Crippen LogP contribution in [0.15, 0.2) is 36.4 Å². The highest BCUT2D eigenvalue weighted by atomic mass is 19.4. The molecular weight excluding hydrogens is 916 g/mol. The maximum absolute atomic E-state index is 14.3. The molecule has 0 aromatic heterocycles. The summed E-state index contributed by atoms with van der Waals surface area (Å²) in [6.45, 7) is 4.32. The molecule has 0 saturated heterocycles. The Morgan fingerprint density at radius 1 is 0.460 bits per heavy atom. The number of amides is 1. The molecule has 0 aliphatic heterocycles. The van der Waals surface area contributed by atoms with Gasteiger partial charge in [0, 0.05) is 22.5 Å². The number of carboxylic acid groups (broad SMARTS) is 1. The molecule has 0 radical (unpaired) electrons. The quantitative estimate of drug-likeness (QED) is 0.0766. The third-order valence-electron chi connectivity index (χ3n) is 8.58.